The number of amides is 2. The summed E-state index contributed by atoms with van der Waals surface area (Å²) < 4.78 is 49.6. The van der Waals surface area contributed by atoms with Gasteiger partial charge in [-0.1, -0.05) is 26.8 Å². The summed E-state index contributed by atoms with van der Waals surface area (Å²) in [5.74, 6) is -1.72. The molecule has 3 aromatic rings. The van der Waals surface area contributed by atoms with Gasteiger partial charge in [0.25, 0.3) is 15.9 Å². The number of likely N-dealkylation sites (tertiary alicyclic amines) is 1. The van der Waals surface area contributed by atoms with Crippen molar-refractivity contribution in [2.45, 2.75) is 109 Å². The van der Waals surface area contributed by atoms with Crippen molar-refractivity contribution in [2.75, 3.05) is 11.9 Å². The van der Waals surface area contributed by atoms with E-state index in [0.29, 0.717) is 25.1 Å². The lowest BCUT2D eigenvalue weighted by molar-refractivity contribution is 0.0130. The molecule has 4 heterocycles. The fraction of sp³-hybridized carbons (Fsp3) is 0.514. The third kappa shape index (κ3) is 10.4. The first-order valence-electron chi connectivity index (χ1n) is 16.2. The number of pyridine rings is 3. The van der Waals surface area contributed by atoms with E-state index in [2.05, 4.69) is 36.2 Å². The summed E-state index contributed by atoms with van der Waals surface area (Å²) in [7, 11) is -4.46. The molecule has 1 aliphatic rings. The Morgan fingerprint density at radius 2 is 1.80 bits per heavy atom. The molecule has 266 valence electrons. The lowest BCUT2D eigenvalue weighted by Crippen LogP contribution is -2.45. The molecule has 0 aliphatic carbocycles. The van der Waals surface area contributed by atoms with Crippen LogP contribution < -0.4 is 10.0 Å². The number of ether oxygens (including phenoxy) is 1. The van der Waals surface area contributed by atoms with Crippen molar-refractivity contribution in [1.29, 1.82) is 0 Å². The standard InChI is InChI=1S/C35H46BrFN6O5S/c1-33(2,3)27-17-16-26(30(37)40-27)31(44)42-49(46,47)29-11-9-10-28(41-29)39-25(18-24-15-13-23(36)20-38-24)14-12-22-19-35(7,8)43(21-22)32(45)48-34(4,5)6/h9-11,13,15-17,20,22,25H,12,14,18-19,21H2,1-8H3,(H,39,41)(H,42,44)/t22-,25?/m0/s1. The normalized spacial score (nSPS) is 17.0. The second kappa shape index (κ2) is 14.7. The molecule has 1 unspecified atom stereocenters. The first kappa shape index (κ1) is 38.2. The second-order valence-corrected chi connectivity index (χ2v) is 17.7. The van der Waals surface area contributed by atoms with Gasteiger partial charge in [-0.2, -0.15) is 12.8 Å². The molecule has 11 nitrogen and oxygen atoms in total. The first-order chi connectivity index (χ1) is 22.6. The molecular formula is C35H46BrFN6O5S. The number of aromatic nitrogens is 3. The van der Waals surface area contributed by atoms with Gasteiger partial charge in [-0.3, -0.25) is 9.78 Å². The Bertz CT molecular complexity index is 1770. The molecule has 0 spiro atoms. The van der Waals surface area contributed by atoms with Crippen LogP contribution in [0.4, 0.5) is 15.0 Å². The minimum absolute atomic E-state index is 0.200. The van der Waals surface area contributed by atoms with Crippen molar-refractivity contribution in [3.05, 3.63) is 76.0 Å². The average Bonchev–Trinajstić information content (AvgIpc) is 3.29. The molecule has 14 heteroatoms. The number of rotatable bonds is 10. The number of anilines is 1. The van der Waals surface area contributed by atoms with Gasteiger partial charge in [-0.05, 0) is 112 Å². The largest absolute Gasteiger partial charge is 0.444 e. The zero-order valence-electron chi connectivity index (χ0n) is 29.3. The van der Waals surface area contributed by atoms with Crippen LogP contribution in [0, 0.1) is 11.9 Å². The van der Waals surface area contributed by atoms with Gasteiger partial charge in [0.05, 0.1) is 5.56 Å². The highest BCUT2D eigenvalue weighted by Crippen LogP contribution is 2.36. The Morgan fingerprint density at radius 1 is 1.08 bits per heavy atom. The number of hydrogen-bond acceptors (Lipinski definition) is 9. The van der Waals surface area contributed by atoms with E-state index in [1.54, 1.807) is 17.2 Å². The molecule has 0 aromatic carbocycles. The third-order valence-electron chi connectivity index (χ3n) is 8.18. The molecule has 49 heavy (non-hydrogen) atoms. The molecule has 0 bridgehead atoms. The highest BCUT2D eigenvalue weighted by molar-refractivity contribution is 9.10. The van der Waals surface area contributed by atoms with E-state index < -0.39 is 43.5 Å². The number of carbonyl (C=O) groups is 2. The van der Waals surface area contributed by atoms with Crippen LogP contribution in [-0.4, -0.2) is 64.0 Å². The quantitative estimate of drug-likeness (QED) is 0.208. The highest BCUT2D eigenvalue weighted by atomic mass is 79.9. The maximum Gasteiger partial charge on any atom is 0.410 e. The summed E-state index contributed by atoms with van der Waals surface area (Å²) in [5, 5.41) is 2.96. The molecule has 3 aromatic heterocycles. The number of nitrogens with one attached hydrogen (secondary N) is 2. The van der Waals surface area contributed by atoms with Gasteiger partial charge in [0.2, 0.25) is 5.95 Å². The Hall–Kier alpha value is -3.65. The van der Waals surface area contributed by atoms with Gasteiger partial charge in [-0.15, -0.1) is 0 Å². The zero-order chi connectivity index (χ0) is 36.4. The van der Waals surface area contributed by atoms with Crippen molar-refractivity contribution in [3.8, 4) is 0 Å². The smallest absolute Gasteiger partial charge is 0.410 e. The maximum atomic E-state index is 14.7. The predicted octanol–water partition coefficient (Wildman–Crippen LogP) is 7.03. The summed E-state index contributed by atoms with van der Waals surface area (Å²) in [6.07, 6.45) is 4.16. The van der Waals surface area contributed by atoms with Crippen molar-refractivity contribution in [1.82, 2.24) is 24.6 Å². The minimum atomic E-state index is -4.46. The molecule has 2 amide bonds. The van der Waals surface area contributed by atoms with E-state index in [1.165, 1.54) is 24.3 Å². The summed E-state index contributed by atoms with van der Waals surface area (Å²) in [6.45, 7) is 15.7. The van der Waals surface area contributed by atoms with E-state index in [1.807, 2.05) is 72.2 Å². The molecule has 2 atom stereocenters. The van der Waals surface area contributed by atoms with Crippen LogP contribution in [0.1, 0.15) is 96.4 Å². The molecule has 1 aliphatic heterocycles. The Balaban J connectivity index is 1.49. The lowest BCUT2D eigenvalue weighted by atomic mass is 9.91. The van der Waals surface area contributed by atoms with Gasteiger partial charge in [0.1, 0.15) is 11.4 Å². The molecule has 1 fully saturated rings. The van der Waals surface area contributed by atoms with Crippen LogP contribution in [0.15, 0.2) is 58.2 Å². The molecule has 0 saturated carbocycles. The van der Waals surface area contributed by atoms with E-state index in [9.17, 15) is 22.4 Å². The van der Waals surface area contributed by atoms with Crippen LogP contribution in [-0.2, 0) is 26.6 Å². The lowest BCUT2D eigenvalue weighted by Gasteiger charge is -2.33. The zero-order valence-corrected chi connectivity index (χ0v) is 31.7. The van der Waals surface area contributed by atoms with E-state index in [4.69, 9.17) is 4.74 Å². The van der Waals surface area contributed by atoms with Crippen LogP contribution in [0.2, 0.25) is 0 Å². The van der Waals surface area contributed by atoms with Crippen molar-refractivity contribution in [2.24, 2.45) is 5.92 Å². The molecule has 1 saturated heterocycles. The molecule has 2 N–H and O–H groups in total. The van der Waals surface area contributed by atoms with Crippen LogP contribution in [0.5, 0.6) is 0 Å². The van der Waals surface area contributed by atoms with E-state index >= 15 is 0 Å². The van der Waals surface area contributed by atoms with Crippen LogP contribution >= 0.6 is 15.9 Å². The van der Waals surface area contributed by atoms with Gasteiger partial charge in [0, 0.05) is 52.0 Å². The molecular weight excluding hydrogens is 715 g/mol. The van der Waals surface area contributed by atoms with Crippen molar-refractivity contribution in [3.63, 3.8) is 0 Å². The first-order valence-corrected chi connectivity index (χ1v) is 18.5. The summed E-state index contributed by atoms with van der Waals surface area (Å²) in [4.78, 5) is 40.3. The van der Waals surface area contributed by atoms with Gasteiger partial charge < -0.3 is 15.0 Å². The summed E-state index contributed by atoms with van der Waals surface area (Å²) in [5.41, 5.74) is -0.666. The average molecular weight is 762 g/mol. The highest BCUT2D eigenvalue weighted by Gasteiger charge is 2.43. The van der Waals surface area contributed by atoms with Gasteiger partial charge in [-0.25, -0.2) is 19.5 Å². The Kier molecular flexibility index (Phi) is 11.4. The fourth-order valence-electron chi connectivity index (χ4n) is 5.77. The number of nitrogens with zero attached hydrogens (tertiary/aromatic N) is 4. The maximum absolute atomic E-state index is 14.7. The molecule has 0 radical (unpaired) electrons. The second-order valence-electron chi connectivity index (χ2n) is 15.1. The predicted molar refractivity (Wildman–Crippen MR) is 189 cm³/mol. The third-order valence-corrected chi connectivity index (χ3v) is 9.88. The summed E-state index contributed by atoms with van der Waals surface area (Å²) >= 11 is 3.42. The number of hydrogen-bond donors (Lipinski definition) is 2. The fourth-order valence-corrected chi connectivity index (χ4v) is 6.93. The minimum Gasteiger partial charge on any atom is -0.444 e. The van der Waals surface area contributed by atoms with Crippen LogP contribution in [0.25, 0.3) is 0 Å². The topological polar surface area (TPSA) is 143 Å². The summed E-state index contributed by atoms with van der Waals surface area (Å²) in [6, 6.07) is 10.7. The number of halogens is 2. The van der Waals surface area contributed by atoms with E-state index in [0.717, 1.165) is 23.0 Å². The SMILES string of the molecule is CC(C)(C)OC(=O)N1C[C@@H](CCC(Cc2ccc(Br)cn2)Nc2cccc(S(=O)(=O)NC(=O)c3ccc(C(C)(C)C)nc3F)n2)CC1(C)C. The number of carbonyl (C=O) groups excluding carboxylic acids is 2. The van der Waals surface area contributed by atoms with E-state index in [-0.39, 0.29) is 29.4 Å². The Morgan fingerprint density at radius 3 is 2.41 bits per heavy atom. The molecule has 4 rings (SSSR count). The van der Waals surface area contributed by atoms with Gasteiger partial charge in [0.15, 0.2) is 5.03 Å². The van der Waals surface area contributed by atoms with Gasteiger partial charge >= 0.3 is 6.09 Å². The van der Waals surface area contributed by atoms with Crippen LogP contribution in [0.3, 0.4) is 0 Å². The number of sulfonamides is 1. The van der Waals surface area contributed by atoms with Crippen molar-refractivity contribution < 1.29 is 27.1 Å². The Labute approximate surface area is 297 Å². The monoisotopic (exact) mass is 760 g/mol. The van der Waals surface area contributed by atoms with Crippen molar-refractivity contribution >= 4 is 43.8 Å².